The van der Waals surface area contributed by atoms with E-state index in [1.807, 2.05) is 20.8 Å². The van der Waals surface area contributed by atoms with Crippen molar-refractivity contribution < 1.29 is 9.53 Å². The highest BCUT2D eigenvalue weighted by atomic mass is 16.6. The second-order valence-corrected chi connectivity index (χ2v) is 9.60. The third-order valence-electron chi connectivity index (χ3n) is 5.61. The number of alkyl carbamates (subject to hydrolysis) is 1. The van der Waals surface area contributed by atoms with Gasteiger partial charge in [-0.1, -0.05) is 12.8 Å². The molecule has 0 spiro atoms. The summed E-state index contributed by atoms with van der Waals surface area (Å²) in [7, 11) is 0. The van der Waals surface area contributed by atoms with Gasteiger partial charge >= 0.3 is 6.09 Å². The SMILES string of the molecule is CC(C)(CC(CN)N1CCCC2CCCCC21)NC(=O)OC(C)(C)C. The lowest BCUT2D eigenvalue weighted by Gasteiger charge is -2.49. The molecule has 1 saturated heterocycles. The average molecular weight is 354 g/mol. The highest BCUT2D eigenvalue weighted by molar-refractivity contribution is 5.68. The number of hydrogen-bond acceptors (Lipinski definition) is 4. The number of amides is 1. The minimum absolute atomic E-state index is 0.316. The third-order valence-corrected chi connectivity index (χ3v) is 5.61. The van der Waals surface area contributed by atoms with Crippen LogP contribution in [0.25, 0.3) is 0 Å². The largest absolute Gasteiger partial charge is 0.444 e. The molecule has 3 N–H and O–H groups in total. The summed E-state index contributed by atoms with van der Waals surface area (Å²) in [6, 6.07) is 1.00. The van der Waals surface area contributed by atoms with Gasteiger partial charge in [-0.3, -0.25) is 4.90 Å². The van der Waals surface area contributed by atoms with Crippen LogP contribution in [-0.2, 0) is 4.74 Å². The van der Waals surface area contributed by atoms with Crippen molar-refractivity contribution in [1.82, 2.24) is 10.2 Å². The van der Waals surface area contributed by atoms with Crippen LogP contribution in [0.4, 0.5) is 4.79 Å². The van der Waals surface area contributed by atoms with Crippen molar-refractivity contribution >= 4 is 6.09 Å². The molecule has 5 nitrogen and oxygen atoms in total. The molecule has 0 bridgehead atoms. The van der Waals surface area contributed by atoms with Gasteiger partial charge in [0.15, 0.2) is 0 Å². The van der Waals surface area contributed by atoms with Crippen LogP contribution in [0.3, 0.4) is 0 Å². The van der Waals surface area contributed by atoms with Crippen LogP contribution in [0.1, 0.15) is 79.6 Å². The summed E-state index contributed by atoms with van der Waals surface area (Å²) >= 11 is 0. The molecule has 1 aliphatic carbocycles. The number of carbonyl (C=O) groups excluding carboxylic acids is 1. The molecule has 0 aromatic heterocycles. The standard InChI is InChI=1S/C20H39N3O2/c1-19(2,3)25-18(24)22-20(4,5)13-16(14-21)23-12-8-10-15-9-6-7-11-17(15)23/h15-17H,6-14,21H2,1-5H3,(H,22,24). The molecule has 1 saturated carbocycles. The Morgan fingerprint density at radius 2 is 1.80 bits per heavy atom. The summed E-state index contributed by atoms with van der Waals surface area (Å²) in [4.78, 5) is 14.8. The number of nitrogens with two attached hydrogens (primary N) is 1. The van der Waals surface area contributed by atoms with Gasteiger partial charge in [-0.05, 0) is 79.2 Å². The molecule has 1 heterocycles. The number of nitrogens with zero attached hydrogens (tertiary/aromatic N) is 1. The van der Waals surface area contributed by atoms with Crippen molar-refractivity contribution in [2.24, 2.45) is 11.7 Å². The Hall–Kier alpha value is -0.810. The van der Waals surface area contributed by atoms with Gasteiger partial charge in [0.05, 0.1) is 0 Å². The van der Waals surface area contributed by atoms with Crippen LogP contribution < -0.4 is 11.1 Å². The van der Waals surface area contributed by atoms with Gasteiger partial charge in [0, 0.05) is 24.2 Å². The van der Waals surface area contributed by atoms with Crippen molar-refractivity contribution in [1.29, 1.82) is 0 Å². The van der Waals surface area contributed by atoms with E-state index < -0.39 is 5.60 Å². The van der Waals surface area contributed by atoms with Crippen LogP contribution in [0.15, 0.2) is 0 Å². The molecule has 1 amide bonds. The topological polar surface area (TPSA) is 67.6 Å². The fourth-order valence-corrected chi connectivity index (χ4v) is 4.67. The lowest BCUT2D eigenvalue weighted by atomic mass is 9.77. The van der Waals surface area contributed by atoms with E-state index >= 15 is 0 Å². The van der Waals surface area contributed by atoms with E-state index in [4.69, 9.17) is 10.5 Å². The van der Waals surface area contributed by atoms with E-state index in [2.05, 4.69) is 24.1 Å². The van der Waals surface area contributed by atoms with Crippen LogP contribution >= 0.6 is 0 Å². The number of rotatable bonds is 5. The van der Waals surface area contributed by atoms with Gasteiger partial charge < -0.3 is 15.8 Å². The average Bonchev–Trinajstić information content (AvgIpc) is 2.49. The van der Waals surface area contributed by atoms with Crippen LogP contribution in [0.5, 0.6) is 0 Å². The highest BCUT2D eigenvalue weighted by Gasteiger charge is 2.38. The van der Waals surface area contributed by atoms with E-state index in [-0.39, 0.29) is 11.6 Å². The lowest BCUT2D eigenvalue weighted by molar-refractivity contribution is 0.0143. The smallest absolute Gasteiger partial charge is 0.408 e. The van der Waals surface area contributed by atoms with E-state index in [0.717, 1.165) is 18.9 Å². The molecule has 3 unspecified atom stereocenters. The molecule has 3 atom stereocenters. The zero-order valence-electron chi connectivity index (χ0n) is 16.9. The number of hydrogen-bond donors (Lipinski definition) is 2. The summed E-state index contributed by atoms with van der Waals surface area (Å²) in [5, 5.41) is 3.05. The van der Waals surface area contributed by atoms with Gasteiger partial charge in [-0.2, -0.15) is 0 Å². The number of ether oxygens (including phenoxy) is 1. The molecule has 2 aliphatic rings. The number of fused-ring (bicyclic) bond motifs is 1. The van der Waals surface area contributed by atoms with Crippen molar-refractivity contribution in [3.63, 3.8) is 0 Å². The second-order valence-electron chi connectivity index (χ2n) is 9.60. The van der Waals surface area contributed by atoms with Crippen LogP contribution in [-0.4, -0.2) is 47.3 Å². The minimum Gasteiger partial charge on any atom is -0.444 e. The number of carbonyl (C=O) groups is 1. The quantitative estimate of drug-likeness (QED) is 0.791. The molecule has 25 heavy (non-hydrogen) atoms. The Labute approximate surface area is 154 Å². The van der Waals surface area contributed by atoms with Gasteiger partial charge in [0.25, 0.3) is 0 Å². The van der Waals surface area contributed by atoms with E-state index in [1.165, 1.54) is 38.5 Å². The molecule has 0 aromatic carbocycles. The van der Waals surface area contributed by atoms with E-state index in [9.17, 15) is 4.79 Å². The maximum atomic E-state index is 12.2. The Bertz CT molecular complexity index is 443. The molecule has 5 heteroatoms. The Morgan fingerprint density at radius 3 is 2.44 bits per heavy atom. The van der Waals surface area contributed by atoms with Crippen molar-refractivity contribution in [2.45, 2.75) is 103 Å². The Kier molecular flexibility index (Phi) is 6.77. The summed E-state index contributed by atoms with van der Waals surface area (Å²) in [5.74, 6) is 0.846. The first-order valence-electron chi connectivity index (χ1n) is 10.1. The monoisotopic (exact) mass is 353 g/mol. The number of likely N-dealkylation sites (tertiary alicyclic amines) is 1. The maximum Gasteiger partial charge on any atom is 0.408 e. The van der Waals surface area contributed by atoms with E-state index in [0.29, 0.717) is 18.6 Å². The fraction of sp³-hybridized carbons (Fsp3) is 0.950. The summed E-state index contributed by atoms with van der Waals surface area (Å²) in [6.07, 6.45) is 8.56. The van der Waals surface area contributed by atoms with Gasteiger partial charge in [0.2, 0.25) is 0 Å². The van der Waals surface area contributed by atoms with Crippen LogP contribution in [0, 0.1) is 5.92 Å². The summed E-state index contributed by atoms with van der Waals surface area (Å²) < 4.78 is 5.43. The molecular weight excluding hydrogens is 314 g/mol. The highest BCUT2D eigenvalue weighted by Crippen LogP contribution is 2.37. The molecule has 1 aliphatic heterocycles. The second kappa shape index (κ2) is 8.26. The Morgan fingerprint density at radius 1 is 1.16 bits per heavy atom. The zero-order chi connectivity index (χ0) is 18.7. The normalized spacial score (nSPS) is 26.6. The van der Waals surface area contributed by atoms with Crippen LogP contribution in [0.2, 0.25) is 0 Å². The lowest BCUT2D eigenvalue weighted by Crippen LogP contribution is -2.57. The molecule has 0 radical (unpaired) electrons. The summed E-state index contributed by atoms with van der Waals surface area (Å²) in [6.45, 7) is 11.6. The molecular formula is C20H39N3O2. The minimum atomic E-state index is -0.477. The molecule has 2 fully saturated rings. The molecule has 0 aromatic rings. The third kappa shape index (κ3) is 6.14. The zero-order valence-corrected chi connectivity index (χ0v) is 16.9. The predicted molar refractivity (Wildman–Crippen MR) is 103 cm³/mol. The first-order valence-corrected chi connectivity index (χ1v) is 10.1. The fourth-order valence-electron chi connectivity index (χ4n) is 4.67. The van der Waals surface area contributed by atoms with Crippen molar-refractivity contribution in [3.05, 3.63) is 0 Å². The molecule has 2 rings (SSSR count). The van der Waals surface area contributed by atoms with Gasteiger partial charge in [0.1, 0.15) is 5.60 Å². The van der Waals surface area contributed by atoms with Crippen molar-refractivity contribution in [2.75, 3.05) is 13.1 Å². The first kappa shape index (κ1) is 20.5. The number of piperidine rings is 1. The molecule has 146 valence electrons. The Balaban J connectivity index is 1.98. The summed E-state index contributed by atoms with van der Waals surface area (Å²) in [5.41, 5.74) is 5.36. The predicted octanol–water partition coefficient (Wildman–Crippen LogP) is 3.66. The van der Waals surface area contributed by atoms with Gasteiger partial charge in [-0.15, -0.1) is 0 Å². The number of nitrogens with one attached hydrogen (secondary N) is 1. The first-order chi connectivity index (χ1) is 11.6. The van der Waals surface area contributed by atoms with Crippen molar-refractivity contribution in [3.8, 4) is 0 Å². The van der Waals surface area contributed by atoms with E-state index in [1.54, 1.807) is 0 Å². The van der Waals surface area contributed by atoms with Gasteiger partial charge in [-0.25, -0.2) is 4.79 Å². The maximum absolute atomic E-state index is 12.2.